The van der Waals surface area contributed by atoms with E-state index < -0.39 is 5.41 Å². The van der Waals surface area contributed by atoms with Gasteiger partial charge in [0, 0.05) is 39.5 Å². The summed E-state index contributed by atoms with van der Waals surface area (Å²) in [6.07, 6.45) is 0. The minimum absolute atomic E-state index is 0.0448. The number of benzene rings is 2. The first-order valence-electron chi connectivity index (χ1n) is 10.1. The molecule has 1 aromatic heterocycles. The van der Waals surface area contributed by atoms with Crippen molar-refractivity contribution in [2.45, 2.75) is 20.4 Å². The first-order chi connectivity index (χ1) is 15.2. The van der Waals surface area contributed by atoms with E-state index >= 15 is 0 Å². The highest BCUT2D eigenvalue weighted by molar-refractivity contribution is 9.10. The van der Waals surface area contributed by atoms with Crippen LogP contribution in [0.15, 0.2) is 40.9 Å². The quantitative estimate of drug-likeness (QED) is 0.486. The third kappa shape index (κ3) is 4.90. The van der Waals surface area contributed by atoms with Crippen LogP contribution < -0.4 is 14.8 Å². The zero-order valence-electron chi connectivity index (χ0n) is 18.5. The number of nitrogens with one attached hydrogen (secondary N) is 1. The van der Waals surface area contributed by atoms with Crippen LogP contribution in [-0.4, -0.2) is 43.0 Å². The first-order valence-corrected chi connectivity index (χ1v) is 10.8. The second-order valence-electron chi connectivity index (χ2n) is 8.31. The maximum Gasteiger partial charge on any atom is 0.267 e. The Bertz CT molecular complexity index is 1190. The predicted molar refractivity (Wildman–Crippen MR) is 126 cm³/mol. The summed E-state index contributed by atoms with van der Waals surface area (Å²) in [5.41, 5.74) is 2.16. The lowest BCUT2D eigenvalue weighted by Gasteiger charge is -2.22. The number of aliphatic hydroxyl groups is 1. The van der Waals surface area contributed by atoms with Gasteiger partial charge < -0.3 is 24.5 Å². The van der Waals surface area contributed by atoms with E-state index in [9.17, 15) is 15.2 Å². The highest BCUT2D eigenvalue weighted by Gasteiger charge is 2.22. The molecule has 8 heteroatoms. The molecule has 32 heavy (non-hydrogen) atoms. The monoisotopic (exact) mass is 499 g/mol. The minimum Gasteiger partial charge on any atom is -0.493 e. The molecule has 0 saturated heterocycles. The van der Waals surface area contributed by atoms with E-state index in [1.807, 2.05) is 36.6 Å². The summed E-state index contributed by atoms with van der Waals surface area (Å²) < 4.78 is 13.8. The summed E-state index contributed by atoms with van der Waals surface area (Å²) in [6.45, 7) is 4.38. The van der Waals surface area contributed by atoms with Crippen LogP contribution in [0.3, 0.4) is 0 Å². The SMILES string of the molecule is COc1cc(Br)cc(Cn2c(C(=O)NCC(C)(C)CO)cc3cc(C#N)ccc32)c1OC. The average molecular weight is 500 g/mol. The zero-order chi connectivity index (χ0) is 23.5. The van der Waals surface area contributed by atoms with E-state index in [-0.39, 0.29) is 12.5 Å². The number of fused-ring (bicyclic) bond motifs is 1. The number of ether oxygens (including phenoxy) is 2. The highest BCUT2D eigenvalue weighted by Crippen LogP contribution is 2.36. The molecule has 0 spiro atoms. The summed E-state index contributed by atoms with van der Waals surface area (Å²) in [5, 5.41) is 22.5. The van der Waals surface area contributed by atoms with Crippen LogP contribution in [0.25, 0.3) is 10.9 Å². The fraction of sp³-hybridized carbons (Fsp3) is 0.333. The molecule has 2 N–H and O–H groups in total. The number of carbonyl (C=O) groups is 1. The van der Waals surface area contributed by atoms with Crippen molar-refractivity contribution in [3.63, 3.8) is 0 Å². The number of hydrogen-bond acceptors (Lipinski definition) is 5. The molecule has 0 aliphatic rings. The molecule has 3 rings (SSSR count). The largest absolute Gasteiger partial charge is 0.493 e. The number of halogens is 1. The second kappa shape index (κ2) is 9.63. The maximum absolute atomic E-state index is 13.1. The van der Waals surface area contributed by atoms with Crippen LogP contribution in [0.5, 0.6) is 11.5 Å². The molecule has 1 heterocycles. The number of aliphatic hydroxyl groups excluding tert-OH is 1. The Morgan fingerprint density at radius 1 is 1.22 bits per heavy atom. The molecule has 1 amide bonds. The van der Waals surface area contributed by atoms with Crippen molar-refractivity contribution in [3.8, 4) is 17.6 Å². The van der Waals surface area contributed by atoms with Gasteiger partial charge in [-0.1, -0.05) is 29.8 Å². The number of hydrogen-bond donors (Lipinski definition) is 2. The van der Waals surface area contributed by atoms with Crippen molar-refractivity contribution in [2.75, 3.05) is 27.4 Å². The number of amides is 1. The van der Waals surface area contributed by atoms with E-state index in [4.69, 9.17) is 9.47 Å². The summed E-state index contributed by atoms with van der Waals surface area (Å²) in [4.78, 5) is 13.1. The number of nitriles is 1. The molecule has 0 fully saturated rings. The van der Waals surface area contributed by atoms with Crippen molar-refractivity contribution in [2.24, 2.45) is 5.41 Å². The predicted octanol–water partition coefficient (Wildman–Crippen LogP) is 4.09. The van der Waals surface area contributed by atoms with Crippen molar-refractivity contribution >= 4 is 32.7 Å². The third-order valence-electron chi connectivity index (χ3n) is 5.27. The number of nitrogens with zero attached hydrogens (tertiary/aromatic N) is 2. The smallest absolute Gasteiger partial charge is 0.267 e. The molecule has 0 aliphatic carbocycles. The minimum atomic E-state index is -0.443. The molecular weight excluding hydrogens is 474 g/mol. The van der Waals surface area contributed by atoms with Gasteiger partial charge in [-0.05, 0) is 36.4 Å². The molecule has 0 saturated carbocycles. The highest BCUT2D eigenvalue weighted by atomic mass is 79.9. The number of aromatic nitrogens is 1. The lowest BCUT2D eigenvalue weighted by atomic mass is 9.95. The first kappa shape index (κ1) is 23.6. The van der Waals surface area contributed by atoms with E-state index in [1.54, 1.807) is 32.4 Å². The number of carbonyl (C=O) groups excluding carboxylic acids is 1. The molecule has 7 nitrogen and oxygen atoms in total. The van der Waals surface area contributed by atoms with Gasteiger partial charge in [0.1, 0.15) is 5.69 Å². The topological polar surface area (TPSA) is 96.5 Å². The molecule has 0 unspecified atom stereocenters. The standard InChI is InChI=1S/C24H26BrN3O4/c1-24(2,14-29)13-27-23(30)20-9-16-7-15(11-26)5-6-19(16)28(20)12-17-8-18(25)10-21(31-3)22(17)32-4/h5-10,29H,12-14H2,1-4H3,(H,27,30). The Labute approximate surface area is 195 Å². The fourth-order valence-electron chi connectivity index (χ4n) is 3.46. The fourth-order valence-corrected chi connectivity index (χ4v) is 3.94. The maximum atomic E-state index is 13.1. The third-order valence-corrected chi connectivity index (χ3v) is 5.73. The van der Waals surface area contributed by atoms with Gasteiger partial charge >= 0.3 is 0 Å². The van der Waals surface area contributed by atoms with Crippen LogP contribution in [0.1, 0.15) is 35.5 Å². The molecule has 168 valence electrons. The van der Waals surface area contributed by atoms with Gasteiger partial charge in [0.15, 0.2) is 11.5 Å². The molecule has 0 aliphatic heterocycles. The molecule has 3 aromatic rings. The van der Waals surface area contributed by atoms with Crippen molar-refractivity contribution < 1.29 is 19.4 Å². The van der Waals surface area contributed by atoms with Gasteiger partial charge in [0.05, 0.1) is 32.4 Å². The van der Waals surface area contributed by atoms with Crippen molar-refractivity contribution in [3.05, 3.63) is 57.7 Å². The molecule has 2 aromatic carbocycles. The van der Waals surface area contributed by atoms with Gasteiger partial charge in [-0.2, -0.15) is 5.26 Å². The number of methoxy groups -OCH3 is 2. The normalized spacial score (nSPS) is 11.3. The lowest BCUT2D eigenvalue weighted by molar-refractivity contribution is 0.0902. The van der Waals surface area contributed by atoms with Crippen LogP contribution in [-0.2, 0) is 6.54 Å². The Balaban J connectivity index is 2.11. The average Bonchev–Trinajstić information content (AvgIpc) is 3.14. The molecule has 0 radical (unpaired) electrons. The van der Waals surface area contributed by atoms with Crippen molar-refractivity contribution in [1.82, 2.24) is 9.88 Å². The van der Waals surface area contributed by atoms with Gasteiger partial charge in [-0.3, -0.25) is 4.79 Å². The van der Waals surface area contributed by atoms with Crippen LogP contribution in [0.2, 0.25) is 0 Å². The summed E-state index contributed by atoms with van der Waals surface area (Å²) in [6, 6.07) is 13.0. The molecule has 0 bridgehead atoms. The summed E-state index contributed by atoms with van der Waals surface area (Å²) in [5.74, 6) is 0.900. The second-order valence-corrected chi connectivity index (χ2v) is 9.22. The van der Waals surface area contributed by atoms with Gasteiger partial charge in [-0.15, -0.1) is 0 Å². The van der Waals surface area contributed by atoms with Gasteiger partial charge in [0.2, 0.25) is 0 Å². The van der Waals surface area contributed by atoms with Crippen molar-refractivity contribution in [1.29, 1.82) is 5.26 Å². The lowest BCUT2D eigenvalue weighted by Crippen LogP contribution is -2.36. The van der Waals surface area contributed by atoms with Crippen LogP contribution in [0, 0.1) is 16.7 Å². The Morgan fingerprint density at radius 3 is 2.59 bits per heavy atom. The van der Waals surface area contributed by atoms with Crippen LogP contribution in [0.4, 0.5) is 0 Å². The van der Waals surface area contributed by atoms with Gasteiger partial charge in [0.25, 0.3) is 5.91 Å². The Morgan fingerprint density at radius 2 is 1.97 bits per heavy atom. The summed E-state index contributed by atoms with van der Waals surface area (Å²) in [7, 11) is 3.15. The summed E-state index contributed by atoms with van der Waals surface area (Å²) >= 11 is 3.51. The Kier molecular flexibility index (Phi) is 7.12. The van der Waals surface area contributed by atoms with E-state index in [0.29, 0.717) is 35.8 Å². The molecular formula is C24H26BrN3O4. The zero-order valence-corrected chi connectivity index (χ0v) is 20.1. The molecule has 0 atom stereocenters. The number of rotatable bonds is 8. The Hall–Kier alpha value is -3.02. The van der Waals surface area contributed by atoms with Gasteiger partial charge in [-0.25, -0.2) is 0 Å². The van der Waals surface area contributed by atoms with E-state index in [2.05, 4.69) is 27.3 Å². The van der Waals surface area contributed by atoms with E-state index in [0.717, 1.165) is 20.9 Å². The van der Waals surface area contributed by atoms with Crippen LogP contribution >= 0.6 is 15.9 Å². The van der Waals surface area contributed by atoms with E-state index in [1.165, 1.54) is 0 Å².